The second-order valence-electron chi connectivity index (χ2n) is 11.2. The maximum Gasteiger partial charge on any atom is 3.00 e. The van der Waals surface area contributed by atoms with Crippen LogP contribution in [-0.4, -0.2) is 0 Å². The predicted molar refractivity (Wildman–Crippen MR) is 226 cm³/mol. The van der Waals surface area contributed by atoms with Gasteiger partial charge in [-0.2, -0.15) is 11.6 Å². The molecule has 0 saturated carbocycles. The van der Waals surface area contributed by atoms with Crippen LogP contribution in [0.2, 0.25) is 0 Å². The minimum absolute atomic E-state index is 0. The zero-order valence-corrected chi connectivity index (χ0v) is 33.9. The zero-order chi connectivity index (χ0) is 37.1. The summed E-state index contributed by atoms with van der Waals surface area (Å²) in [7, 11) is -0.892. The van der Waals surface area contributed by atoms with Gasteiger partial charge in [-0.15, -0.1) is 0 Å². The molecule has 0 spiro atoms. The Bertz CT molecular complexity index is 1610. The van der Waals surface area contributed by atoms with E-state index in [1.54, 1.807) is 0 Å². The molecule has 0 heterocycles. The topological polar surface area (TPSA) is 19.9 Å². The van der Waals surface area contributed by atoms with E-state index in [4.69, 9.17) is 24.2 Å². The van der Waals surface area contributed by atoms with Gasteiger partial charge >= 0.3 is 31.4 Å². The van der Waals surface area contributed by atoms with Crippen molar-refractivity contribution >= 4 is 47.7 Å². The van der Waals surface area contributed by atoms with Gasteiger partial charge in [-0.05, 0) is 47.7 Å². The molecular formula is C49H43IrOP2. The molecule has 53 heavy (non-hydrogen) atoms. The Morgan fingerprint density at radius 3 is 0.849 bits per heavy atom. The minimum atomic E-state index is -0.446. The molecule has 0 atom stereocenters. The van der Waals surface area contributed by atoms with Gasteiger partial charge in [0.05, 0.1) is 0 Å². The third-order valence-electron chi connectivity index (χ3n) is 7.65. The number of hydrogen-bond donors (Lipinski definition) is 0. The molecule has 0 amide bonds. The van der Waals surface area contributed by atoms with Crippen LogP contribution in [-0.2, 0) is 24.8 Å². The summed E-state index contributed by atoms with van der Waals surface area (Å²) in [5.74, 6) is 2.42. The molecule has 0 bridgehead atoms. The third-order valence-corrected chi connectivity index (χ3v) is 12.5. The van der Waals surface area contributed by atoms with Gasteiger partial charge in [-0.25, -0.2) is 0 Å². The molecule has 0 unspecified atom stereocenters. The van der Waals surface area contributed by atoms with E-state index >= 15 is 0 Å². The minimum Gasteiger partial charge on any atom is -0.394 e. The molecule has 1 nitrogen and oxygen atoms in total. The molecule has 1 aliphatic carbocycles. The summed E-state index contributed by atoms with van der Waals surface area (Å²) in [6.07, 6.45) is 16.2. The summed E-state index contributed by atoms with van der Waals surface area (Å²) in [5.41, 5.74) is 1.09. The van der Waals surface area contributed by atoms with Gasteiger partial charge in [0.25, 0.3) is 0 Å². The molecule has 4 heteroatoms. The first-order valence-corrected chi connectivity index (χ1v) is 19.7. The normalized spacial score (nSPS) is 10.9. The molecular weight excluding hydrogens is 859 g/mol. The summed E-state index contributed by atoms with van der Waals surface area (Å²) in [5, 5.41) is 8.39. The van der Waals surface area contributed by atoms with Gasteiger partial charge in [0.15, 0.2) is 0 Å². The van der Waals surface area contributed by atoms with Crippen molar-refractivity contribution in [1.82, 2.24) is 0 Å². The van der Waals surface area contributed by atoms with Crippen LogP contribution in [0.5, 0.6) is 0 Å². The second kappa shape index (κ2) is 27.9. The average Bonchev–Trinajstić information content (AvgIpc) is 3.25. The predicted octanol–water partition coefficient (Wildman–Crippen LogP) is 9.89. The van der Waals surface area contributed by atoms with Crippen LogP contribution in [0.3, 0.4) is 0 Å². The molecule has 0 aromatic heterocycles. The largest absolute Gasteiger partial charge is 3.00 e. The first kappa shape index (κ1) is 44.5. The van der Waals surface area contributed by atoms with E-state index in [1.807, 2.05) is 0 Å². The summed E-state index contributed by atoms with van der Waals surface area (Å²) in [4.78, 5) is 0. The Hall–Kier alpha value is -4.65. The summed E-state index contributed by atoms with van der Waals surface area (Å²) >= 11 is 0. The van der Waals surface area contributed by atoms with E-state index in [0.29, 0.717) is 0 Å². The van der Waals surface area contributed by atoms with Crippen molar-refractivity contribution in [3.8, 4) is 5.92 Å². The monoisotopic (exact) mass is 902 g/mol. The summed E-state index contributed by atoms with van der Waals surface area (Å²) in [6.45, 7) is 13.9. The van der Waals surface area contributed by atoms with E-state index in [-0.39, 0.29) is 20.1 Å². The molecule has 264 valence electrons. The van der Waals surface area contributed by atoms with Gasteiger partial charge < -0.3 is 31.7 Å². The maximum absolute atomic E-state index is 7.50. The molecule has 6 aromatic rings. The van der Waals surface area contributed by atoms with Crippen LogP contribution >= 0.6 is 15.8 Å². The van der Waals surface area contributed by atoms with Crippen molar-refractivity contribution in [3.05, 3.63) is 232 Å². The molecule has 6 aromatic carbocycles. The van der Waals surface area contributed by atoms with Crippen LogP contribution in [0.1, 0.15) is 25.7 Å². The van der Waals surface area contributed by atoms with Crippen molar-refractivity contribution < 1.29 is 24.8 Å². The molecule has 1 aliphatic rings. The number of rotatable bonds is 7. The summed E-state index contributed by atoms with van der Waals surface area (Å²) < 4.78 is 7.50. The molecule has 0 saturated heterocycles. The zero-order valence-electron chi connectivity index (χ0n) is 29.7. The maximum atomic E-state index is 7.50. The number of allylic oxidation sites excluding steroid dienone is 4. The van der Waals surface area contributed by atoms with Crippen molar-refractivity contribution in [3.63, 3.8) is 0 Å². The molecule has 0 radical (unpaired) electrons. The first-order valence-electron chi connectivity index (χ1n) is 17.1. The van der Waals surface area contributed by atoms with E-state index in [1.165, 1.54) is 56.8 Å². The number of benzene rings is 6. The van der Waals surface area contributed by atoms with Crippen molar-refractivity contribution in [2.45, 2.75) is 25.7 Å². The van der Waals surface area contributed by atoms with Gasteiger partial charge in [-0.1, -0.05) is 208 Å². The van der Waals surface area contributed by atoms with Gasteiger partial charge in [0.1, 0.15) is 0 Å². The van der Waals surface area contributed by atoms with E-state index in [9.17, 15) is 0 Å². The van der Waals surface area contributed by atoms with Gasteiger partial charge in [0, 0.05) is 0 Å². The van der Waals surface area contributed by atoms with Gasteiger partial charge in [-0.3, -0.25) is 5.92 Å². The standard InChI is InChI=1S/2C18H15P.C8H9.C4H4.CO.Ir/c2*1-4-10-16(11-5-1)19(17-12-6-2-7-13-17)18-14-8-3-9-15-18;1-2-8-6-4-3-5-7-8;1-3-4-2;1-2;/h2*1-15H;6H,3-5,7H2;1-4H;;/q;;-1;-2;;+3. The number of hydrogen-bond acceptors (Lipinski definition) is 0. The van der Waals surface area contributed by atoms with Crippen LogP contribution in [0, 0.1) is 32.2 Å². The fourth-order valence-corrected chi connectivity index (χ4v) is 9.92. The molecule has 7 rings (SSSR count). The Kier molecular flexibility index (Phi) is 23.5. The van der Waals surface area contributed by atoms with Crippen molar-refractivity contribution in [2.24, 2.45) is 0 Å². The smallest absolute Gasteiger partial charge is 0.394 e. The van der Waals surface area contributed by atoms with Crippen LogP contribution in [0.25, 0.3) is 0 Å². The van der Waals surface area contributed by atoms with Crippen molar-refractivity contribution in [1.29, 1.82) is 0 Å². The van der Waals surface area contributed by atoms with Gasteiger partial charge in [0.2, 0.25) is 0 Å². The van der Waals surface area contributed by atoms with Crippen LogP contribution in [0.4, 0.5) is 0 Å². The summed E-state index contributed by atoms with van der Waals surface area (Å²) in [6, 6.07) is 64.7. The van der Waals surface area contributed by atoms with Crippen LogP contribution < -0.4 is 31.8 Å². The van der Waals surface area contributed by atoms with Crippen LogP contribution in [0.15, 0.2) is 206 Å². The third kappa shape index (κ3) is 15.9. The Morgan fingerprint density at radius 2 is 0.698 bits per heavy atom. The van der Waals surface area contributed by atoms with Crippen molar-refractivity contribution in [2.75, 3.05) is 0 Å². The molecule has 0 fully saturated rings. The van der Waals surface area contributed by atoms with E-state index in [2.05, 4.69) is 201 Å². The molecule has 0 N–H and O–H groups in total. The molecule has 0 aliphatic heterocycles. The Labute approximate surface area is 334 Å². The second-order valence-corrected chi connectivity index (χ2v) is 15.6. The quantitative estimate of drug-likeness (QED) is 0.0501. The average molecular weight is 902 g/mol. The van der Waals surface area contributed by atoms with E-state index < -0.39 is 15.8 Å². The SMILES string of the molecule is [C-]#CC1=CCCCC1.[C-]#[O+].[CH-]=CC=[CH-].[Ir+3].c1ccc(P(c2ccccc2)c2ccccc2)cc1.c1ccc(P(c2ccccc2)c2ccccc2)cc1. The van der Waals surface area contributed by atoms with E-state index in [0.717, 1.165) is 18.4 Å². The fourth-order valence-electron chi connectivity index (χ4n) is 5.31. The Balaban J connectivity index is 0.000000269. The fraction of sp³-hybridized carbons (Fsp3) is 0.0816. The first-order chi connectivity index (χ1) is 25.7. The Morgan fingerprint density at radius 1 is 0.453 bits per heavy atom.